The van der Waals surface area contributed by atoms with E-state index in [1.54, 1.807) is 16.7 Å². The molecule has 0 saturated heterocycles. The predicted molar refractivity (Wildman–Crippen MR) is 145 cm³/mol. The van der Waals surface area contributed by atoms with Gasteiger partial charge in [0.25, 0.3) is 5.91 Å². The van der Waals surface area contributed by atoms with Crippen LogP contribution in [-0.4, -0.2) is 32.3 Å². The maximum Gasteiger partial charge on any atom is 0.251 e. The second-order valence-electron chi connectivity index (χ2n) is 8.48. The number of carbonyl (C=O) groups is 2. The Morgan fingerprint density at radius 1 is 1.09 bits per heavy atom. The normalized spacial score (nSPS) is 12.0. The number of anilines is 1. The van der Waals surface area contributed by atoms with Gasteiger partial charge >= 0.3 is 0 Å². The van der Waals surface area contributed by atoms with Gasteiger partial charge in [-0.25, -0.2) is 0 Å². The topological polar surface area (TPSA) is 88.9 Å². The lowest BCUT2D eigenvalue weighted by Gasteiger charge is -2.22. The number of aryl methyl sites for hydroxylation is 2. The van der Waals surface area contributed by atoms with E-state index in [9.17, 15) is 9.59 Å². The molecule has 3 aromatic rings. The van der Waals surface area contributed by atoms with Crippen LogP contribution < -0.4 is 10.6 Å². The lowest BCUT2D eigenvalue weighted by molar-refractivity contribution is -0.113. The molecule has 35 heavy (non-hydrogen) atoms. The number of rotatable bonds is 8. The number of hydrogen-bond acceptors (Lipinski definition) is 5. The highest BCUT2D eigenvalue weighted by molar-refractivity contribution is 9.10. The van der Waals surface area contributed by atoms with Gasteiger partial charge in [0.2, 0.25) is 5.91 Å². The van der Waals surface area contributed by atoms with Crippen molar-refractivity contribution >= 4 is 68.4 Å². The number of amides is 2. The largest absolute Gasteiger partial charge is 0.342 e. The molecule has 11 heteroatoms. The van der Waals surface area contributed by atoms with Crippen LogP contribution in [0.3, 0.4) is 0 Å². The fourth-order valence-electron chi connectivity index (χ4n) is 3.53. The van der Waals surface area contributed by atoms with Crippen LogP contribution in [-0.2, 0) is 11.8 Å². The van der Waals surface area contributed by atoms with Crippen molar-refractivity contribution in [2.45, 2.75) is 38.9 Å². The average molecular weight is 599 g/mol. The summed E-state index contributed by atoms with van der Waals surface area (Å²) in [4.78, 5) is 25.5. The Morgan fingerprint density at radius 2 is 1.74 bits per heavy atom. The first-order chi connectivity index (χ1) is 16.5. The fraction of sp³-hybridized carbons (Fsp3) is 0.333. The molecule has 2 N–H and O–H groups in total. The summed E-state index contributed by atoms with van der Waals surface area (Å²) in [7, 11) is 1.82. The van der Waals surface area contributed by atoms with Gasteiger partial charge in [-0.05, 0) is 61.2 Å². The van der Waals surface area contributed by atoms with Crippen LogP contribution in [0.2, 0.25) is 10.0 Å². The Labute approximate surface area is 227 Å². The van der Waals surface area contributed by atoms with E-state index in [2.05, 4.69) is 36.8 Å². The minimum atomic E-state index is -0.398. The van der Waals surface area contributed by atoms with Gasteiger partial charge in [-0.1, -0.05) is 64.7 Å². The van der Waals surface area contributed by atoms with Crippen molar-refractivity contribution in [3.63, 3.8) is 0 Å². The van der Waals surface area contributed by atoms with Gasteiger partial charge in [0.1, 0.15) is 0 Å². The van der Waals surface area contributed by atoms with Crippen LogP contribution in [0.1, 0.15) is 47.2 Å². The van der Waals surface area contributed by atoms with E-state index in [1.165, 1.54) is 17.8 Å². The number of nitrogens with zero attached hydrogens (tertiary/aromatic N) is 3. The molecule has 0 fully saturated rings. The Hall–Kier alpha value is -2.07. The molecule has 0 aliphatic carbocycles. The first-order valence-corrected chi connectivity index (χ1v) is 13.4. The number of carbonyl (C=O) groups excluding carboxylic acids is 2. The van der Waals surface area contributed by atoms with Crippen LogP contribution in [0.15, 0.2) is 40.0 Å². The highest BCUT2D eigenvalue weighted by Crippen LogP contribution is 2.28. The number of aromatic nitrogens is 3. The molecule has 0 saturated carbocycles. The summed E-state index contributed by atoms with van der Waals surface area (Å²) in [6.45, 7) is 7.87. The molecule has 1 heterocycles. The molecule has 0 radical (unpaired) electrons. The summed E-state index contributed by atoms with van der Waals surface area (Å²) < 4.78 is 2.77. The van der Waals surface area contributed by atoms with E-state index in [0.29, 0.717) is 26.6 Å². The first-order valence-electron chi connectivity index (χ1n) is 10.8. The molecule has 2 aromatic carbocycles. The molecule has 3 rings (SSSR count). The SMILES string of the molecule is Cc1cc(Br)cc(C)c1NC(=O)CSc1nnc([C@H](NC(=O)c2ccc(Cl)c(Cl)c2)C(C)C)n1C. The summed E-state index contributed by atoms with van der Waals surface area (Å²) in [5.74, 6) is 0.369. The van der Waals surface area contributed by atoms with Gasteiger partial charge in [0, 0.05) is 22.8 Å². The quantitative estimate of drug-likeness (QED) is 0.295. The molecular formula is C24H26BrCl2N5O2S. The van der Waals surface area contributed by atoms with Crippen molar-refractivity contribution in [2.75, 3.05) is 11.1 Å². The lowest BCUT2D eigenvalue weighted by Crippen LogP contribution is -2.33. The zero-order chi connectivity index (χ0) is 25.9. The van der Waals surface area contributed by atoms with Gasteiger partial charge in [-0.15, -0.1) is 10.2 Å². The van der Waals surface area contributed by atoms with E-state index >= 15 is 0 Å². The van der Waals surface area contributed by atoms with Gasteiger partial charge in [-0.2, -0.15) is 0 Å². The van der Waals surface area contributed by atoms with Crippen LogP contribution >= 0.6 is 50.9 Å². The minimum absolute atomic E-state index is 0.0362. The zero-order valence-corrected chi connectivity index (χ0v) is 23.9. The van der Waals surface area contributed by atoms with Crippen LogP contribution in [0, 0.1) is 19.8 Å². The number of benzene rings is 2. The zero-order valence-electron chi connectivity index (χ0n) is 19.9. The summed E-state index contributed by atoms with van der Waals surface area (Å²) in [5.41, 5.74) is 3.17. The molecule has 0 aliphatic heterocycles. The molecule has 1 atom stereocenters. The van der Waals surface area contributed by atoms with Crippen LogP contribution in [0.25, 0.3) is 0 Å². The smallest absolute Gasteiger partial charge is 0.251 e. The van der Waals surface area contributed by atoms with E-state index in [0.717, 1.165) is 21.3 Å². The van der Waals surface area contributed by atoms with Gasteiger partial charge in [0.05, 0.1) is 21.8 Å². The third kappa shape index (κ3) is 6.78. The molecule has 0 aliphatic rings. The first kappa shape index (κ1) is 27.5. The molecular weight excluding hydrogens is 573 g/mol. The number of nitrogens with one attached hydrogen (secondary N) is 2. The lowest BCUT2D eigenvalue weighted by atomic mass is 10.0. The summed E-state index contributed by atoms with van der Waals surface area (Å²) in [6, 6.07) is 8.26. The molecule has 7 nitrogen and oxygen atoms in total. The highest BCUT2D eigenvalue weighted by Gasteiger charge is 2.25. The van der Waals surface area contributed by atoms with Crippen molar-refractivity contribution in [1.29, 1.82) is 0 Å². The van der Waals surface area contributed by atoms with E-state index in [-0.39, 0.29) is 23.5 Å². The van der Waals surface area contributed by atoms with Gasteiger partial charge in [0.15, 0.2) is 11.0 Å². The summed E-state index contributed by atoms with van der Waals surface area (Å²) in [6.07, 6.45) is 0. The molecule has 0 spiro atoms. The Kier molecular flexibility index (Phi) is 9.26. The van der Waals surface area contributed by atoms with Gasteiger partial charge in [-0.3, -0.25) is 9.59 Å². The van der Waals surface area contributed by atoms with E-state index in [1.807, 2.05) is 46.9 Å². The average Bonchev–Trinajstić information content (AvgIpc) is 3.14. The second-order valence-corrected chi connectivity index (χ2v) is 11.1. The fourth-order valence-corrected chi connectivity index (χ4v) is 5.23. The van der Waals surface area contributed by atoms with Crippen LogP contribution in [0.5, 0.6) is 0 Å². The van der Waals surface area contributed by atoms with E-state index in [4.69, 9.17) is 23.2 Å². The third-order valence-corrected chi connectivity index (χ3v) is 7.59. The maximum absolute atomic E-state index is 12.8. The van der Waals surface area contributed by atoms with Crippen LogP contribution in [0.4, 0.5) is 5.69 Å². The number of halogens is 3. The molecule has 186 valence electrons. The van der Waals surface area contributed by atoms with Crippen molar-refractivity contribution in [1.82, 2.24) is 20.1 Å². The third-order valence-electron chi connectivity index (χ3n) is 5.38. The summed E-state index contributed by atoms with van der Waals surface area (Å²) in [5, 5.41) is 15.8. The summed E-state index contributed by atoms with van der Waals surface area (Å²) >= 11 is 16.8. The molecule has 1 aromatic heterocycles. The number of thioether (sulfide) groups is 1. The van der Waals surface area contributed by atoms with E-state index < -0.39 is 6.04 Å². The molecule has 2 amide bonds. The monoisotopic (exact) mass is 597 g/mol. The maximum atomic E-state index is 12.8. The Bertz CT molecular complexity index is 1240. The Morgan fingerprint density at radius 3 is 2.34 bits per heavy atom. The second kappa shape index (κ2) is 11.8. The van der Waals surface area contributed by atoms with Crippen molar-refractivity contribution < 1.29 is 9.59 Å². The van der Waals surface area contributed by atoms with Crippen molar-refractivity contribution in [2.24, 2.45) is 13.0 Å². The standard InChI is InChI=1S/C24H26BrCl2N5O2S/c1-12(2)20(29-23(34)15-6-7-17(26)18(27)10-15)22-30-31-24(32(22)5)35-11-19(33)28-21-13(3)8-16(25)9-14(21)4/h6-10,12,20H,11H2,1-5H3,(H,28,33)(H,29,34)/t20-/m1/s1. The van der Waals surface area contributed by atoms with Crippen molar-refractivity contribution in [3.05, 3.63) is 67.4 Å². The Balaban J connectivity index is 1.69. The molecule has 0 bridgehead atoms. The predicted octanol–water partition coefficient (Wildman–Crippen LogP) is 6.36. The molecule has 0 unspecified atom stereocenters. The van der Waals surface area contributed by atoms with Crippen molar-refractivity contribution in [3.8, 4) is 0 Å². The highest BCUT2D eigenvalue weighted by atomic mass is 79.9. The van der Waals surface area contributed by atoms with Gasteiger partial charge < -0.3 is 15.2 Å². The minimum Gasteiger partial charge on any atom is -0.342 e. The number of hydrogen-bond donors (Lipinski definition) is 2.